The fourth-order valence-corrected chi connectivity index (χ4v) is 4.11. The summed E-state index contributed by atoms with van der Waals surface area (Å²) < 4.78 is 0. The second kappa shape index (κ2) is 10.2. The Morgan fingerprint density at radius 2 is 1.40 bits per heavy atom. The van der Waals surface area contributed by atoms with E-state index >= 15 is 0 Å². The Hall–Kier alpha value is -0.980. The maximum Gasteiger partial charge on any atom is 0.119 e. The van der Waals surface area contributed by atoms with Crippen LogP contribution in [0.1, 0.15) is 128 Å². The summed E-state index contributed by atoms with van der Waals surface area (Å²) in [5.41, 5.74) is 4.00. The fourth-order valence-electron chi connectivity index (χ4n) is 4.11. The summed E-state index contributed by atoms with van der Waals surface area (Å²) in [7, 11) is 0. The van der Waals surface area contributed by atoms with E-state index in [4.69, 9.17) is 0 Å². The smallest absolute Gasteiger partial charge is 0.119 e. The van der Waals surface area contributed by atoms with Gasteiger partial charge in [-0.3, -0.25) is 0 Å². The van der Waals surface area contributed by atoms with Crippen molar-refractivity contribution in [3.05, 3.63) is 28.8 Å². The molecular formula is C24H42O. The van der Waals surface area contributed by atoms with Crippen molar-refractivity contribution in [2.24, 2.45) is 0 Å². The van der Waals surface area contributed by atoms with Crippen molar-refractivity contribution in [3.8, 4) is 5.75 Å². The van der Waals surface area contributed by atoms with E-state index in [9.17, 15) is 5.11 Å². The van der Waals surface area contributed by atoms with Crippen molar-refractivity contribution in [1.29, 1.82) is 0 Å². The number of phenolic OH excluding ortho intramolecular Hbond substituents is 1. The van der Waals surface area contributed by atoms with E-state index in [-0.39, 0.29) is 5.41 Å². The Morgan fingerprint density at radius 3 is 1.92 bits per heavy atom. The molecule has 1 N–H and O–H groups in total. The molecule has 1 rings (SSSR count). The van der Waals surface area contributed by atoms with Crippen LogP contribution in [0.4, 0.5) is 0 Å². The zero-order valence-electron chi connectivity index (χ0n) is 17.9. The lowest BCUT2D eigenvalue weighted by Gasteiger charge is -2.32. The van der Waals surface area contributed by atoms with E-state index in [0.29, 0.717) is 17.6 Å². The van der Waals surface area contributed by atoms with Crippen LogP contribution in [0.5, 0.6) is 5.75 Å². The molecule has 1 heteroatoms. The Kier molecular flexibility index (Phi) is 9.03. The van der Waals surface area contributed by atoms with Crippen molar-refractivity contribution in [2.45, 2.75) is 117 Å². The molecule has 0 aliphatic heterocycles. The van der Waals surface area contributed by atoms with Crippen LogP contribution in [-0.4, -0.2) is 5.11 Å². The standard InChI is InChI=1S/C24H42O/c1-8-9-10-11-12-13-14-17-24(6,7)23-21(25)16-15-20(18(2)3)22(23)19(4)5/h15-16,18-19,25H,8-14,17H2,1-7H3. The molecule has 0 aromatic heterocycles. The molecule has 0 radical (unpaired) electrons. The highest BCUT2D eigenvalue weighted by Crippen LogP contribution is 2.43. The first-order valence-corrected chi connectivity index (χ1v) is 10.6. The van der Waals surface area contributed by atoms with Gasteiger partial charge in [0.1, 0.15) is 5.75 Å². The Labute approximate surface area is 157 Å². The highest BCUT2D eigenvalue weighted by Gasteiger charge is 2.29. The van der Waals surface area contributed by atoms with Gasteiger partial charge in [-0.1, -0.05) is 99.5 Å². The van der Waals surface area contributed by atoms with E-state index in [1.807, 2.05) is 6.07 Å². The quantitative estimate of drug-likeness (QED) is 0.402. The summed E-state index contributed by atoms with van der Waals surface area (Å²) in [5.74, 6) is 1.42. The van der Waals surface area contributed by atoms with Crippen LogP contribution in [0.2, 0.25) is 0 Å². The number of hydrogen-bond donors (Lipinski definition) is 1. The number of hydrogen-bond acceptors (Lipinski definition) is 1. The average Bonchev–Trinajstić information content (AvgIpc) is 2.52. The maximum absolute atomic E-state index is 10.7. The lowest BCUT2D eigenvalue weighted by molar-refractivity contribution is 0.399. The number of rotatable bonds is 11. The summed E-state index contributed by atoms with van der Waals surface area (Å²) in [6, 6.07) is 4.05. The molecule has 0 fully saturated rings. The minimum absolute atomic E-state index is 0.0258. The molecule has 144 valence electrons. The molecule has 0 atom stereocenters. The lowest BCUT2D eigenvalue weighted by Crippen LogP contribution is -2.21. The van der Waals surface area contributed by atoms with Crippen molar-refractivity contribution in [1.82, 2.24) is 0 Å². The van der Waals surface area contributed by atoms with Crippen LogP contribution >= 0.6 is 0 Å². The molecule has 0 heterocycles. The van der Waals surface area contributed by atoms with Crippen LogP contribution in [0.25, 0.3) is 0 Å². The van der Waals surface area contributed by atoms with E-state index in [2.05, 4.69) is 54.5 Å². The molecular weight excluding hydrogens is 304 g/mol. The third-order valence-electron chi connectivity index (χ3n) is 5.54. The van der Waals surface area contributed by atoms with Crippen molar-refractivity contribution < 1.29 is 5.11 Å². The average molecular weight is 347 g/mol. The Bertz CT molecular complexity index is 511. The van der Waals surface area contributed by atoms with Crippen molar-refractivity contribution in [3.63, 3.8) is 0 Å². The van der Waals surface area contributed by atoms with Gasteiger partial charge in [0.15, 0.2) is 0 Å². The molecule has 0 aliphatic rings. The number of unbranched alkanes of at least 4 members (excludes halogenated alkanes) is 6. The number of benzene rings is 1. The van der Waals surface area contributed by atoms with Gasteiger partial charge in [0.05, 0.1) is 0 Å². The van der Waals surface area contributed by atoms with Crippen LogP contribution in [0.15, 0.2) is 12.1 Å². The summed E-state index contributed by atoms with van der Waals surface area (Å²) in [6.07, 6.45) is 10.5. The van der Waals surface area contributed by atoms with Gasteiger partial charge >= 0.3 is 0 Å². The zero-order chi connectivity index (χ0) is 19.0. The molecule has 1 aromatic carbocycles. The summed E-state index contributed by atoms with van der Waals surface area (Å²) in [6.45, 7) is 15.9. The maximum atomic E-state index is 10.7. The molecule has 0 aliphatic carbocycles. The number of phenols is 1. The van der Waals surface area contributed by atoms with Gasteiger partial charge in [-0.15, -0.1) is 0 Å². The summed E-state index contributed by atoms with van der Waals surface area (Å²) in [5, 5.41) is 10.7. The predicted octanol–water partition coefficient (Wildman–Crippen LogP) is 8.06. The first-order valence-electron chi connectivity index (χ1n) is 10.6. The molecule has 0 amide bonds. The topological polar surface area (TPSA) is 20.2 Å². The second-order valence-corrected chi connectivity index (χ2v) is 9.03. The Balaban J connectivity index is 2.87. The van der Waals surface area contributed by atoms with E-state index in [1.165, 1.54) is 61.6 Å². The minimum atomic E-state index is 0.0258. The molecule has 0 saturated heterocycles. The zero-order valence-corrected chi connectivity index (χ0v) is 17.9. The minimum Gasteiger partial charge on any atom is -0.508 e. The Morgan fingerprint density at radius 1 is 0.840 bits per heavy atom. The van der Waals surface area contributed by atoms with Crippen LogP contribution < -0.4 is 0 Å². The largest absolute Gasteiger partial charge is 0.508 e. The highest BCUT2D eigenvalue weighted by atomic mass is 16.3. The molecule has 1 nitrogen and oxygen atoms in total. The van der Waals surface area contributed by atoms with Crippen LogP contribution in [-0.2, 0) is 5.41 Å². The van der Waals surface area contributed by atoms with Gasteiger partial charge in [-0.2, -0.15) is 0 Å². The first kappa shape index (κ1) is 22.1. The van der Waals surface area contributed by atoms with Gasteiger partial charge in [-0.05, 0) is 40.9 Å². The third kappa shape index (κ3) is 6.35. The molecule has 0 bridgehead atoms. The molecule has 0 unspecified atom stereocenters. The fraction of sp³-hybridized carbons (Fsp3) is 0.750. The van der Waals surface area contributed by atoms with Crippen molar-refractivity contribution in [2.75, 3.05) is 0 Å². The van der Waals surface area contributed by atoms with Crippen LogP contribution in [0.3, 0.4) is 0 Å². The third-order valence-corrected chi connectivity index (χ3v) is 5.54. The molecule has 0 saturated carbocycles. The predicted molar refractivity (Wildman–Crippen MR) is 112 cm³/mol. The highest BCUT2D eigenvalue weighted by molar-refractivity contribution is 5.51. The SMILES string of the molecule is CCCCCCCCCC(C)(C)c1c(O)ccc(C(C)C)c1C(C)C. The van der Waals surface area contributed by atoms with Gasteiger partial charge in [0.2, 0.25) is 0 Å². The number of aromatic hydroxyl groups is 1. The first-order chi connectivity index (χ1) is 11.7. The second-order valence-electron chi connectivity index (χ2n) is 9.03. The van der Waals surface area contributed by atoms with E-state index in [1.54, 1.807) is 0 Å². The summed E-state index contributed by atoms with van der Waals surface area (Å²) >= 11 is 0. The normalized spacial score (nSPS) is 12.4. The van der Waals surface area contributed by atoms with Crippen LogP contribution in [0, 0.1) is 0 Å². The van der Waals surface area contributed by atoms with Crippen molar-refractivity contribution >= 4 is 0 Å². The summed E-state index contributed by atoms with van der Waals surface area (Å²) in [4.78, 5) is 0. The van der Waals surface area contributed by atoms with Gasteiger partial charge in [-0.25, -0.2) is 0 Å². The molecule has 1 aromatic rings. The van der Waals surface area contributed by atoms with Gasteiger partial charge in [0.25, 0.3) is 0 Å². The monoisotopic (exact) mass is 346 g/mol. The lowest BCUT2D eigenvalue weighted by atomic mass is 9.73. The molecule has 0 spiro atoms. The van der Waals surface area contributed by atoms with Gasteiger partial charge < -0.3 is 5.11 Å². The van der Waals surface area contributed by atoms with E-state index in [0.717, 1.165) is 6.42 Å². The van der Waals surface area contributed by atoms with E-state index < -0.39 is 0 Å². The molecule has 25 heavy (non-hydrogen) atoms. The van der Waals surface area contributed by atoms with Gasteiger partial charge in [0, 0.05) is 5.56 Å².